The van der Waals surface area contributed by atoms with Crippen molar-refractivity contribution in [1.29, 1.82) is 0 Å². The van der Waals surface area contributed by atoms with Crippen LogP contribution >= 0.6 is 15.9 Å². The van der Waals surface area contributed by atoms with Crippen LogP contribution in [0.15, 0.2) is 55.4 Å². The molecule has 23 heavy (non-hydrogen) atoms. The predicted octanol–water partition coefficient (Wildman–Crippen LogP) is 4.15. The molecule has 0 bridgehead atoms. The van der Waals surface area contributed by atoms with Gasteiger partial charge in [-0.1, -0.05) is 29.8 Å². The standard InChI is InChI=1S/C17H16BrN3O2/c1-3-11(2)16-20-15-7-6-12(18)9-14(15)17(22)21(16)19-10-13-5-4-8-23-13/h4-11H,3H2,1-2H3/t11-/m1/s1. The number of hydrogen-bond acceptors (Lipinski definition) is 4. The van der Waals surface area contributed by atoms with E-state index in [1.807, 2.05) is 19.1 Å². The largest absolute Gasteiger partial charge is 0.463 e. The number of furan rings is 1. The van der Waals surface area contributed by atoms with E-state index in [-0.39, 0.29) is 11.5 Å². The molecule has 118 valence electrons. The molecule has 6 heteroatoms. The van der Waals surface area contributed by atoms with Crippen LogP contribution in [0.5, 0.6) is 0 Å². The molecular formula is C17H16BrN3O2. The maximum atomic E-state index is 12.8. The van der Waals surface area contributed by atoms with E-state index in [1.165, 1.54) is 10.9 Å². The van der Waals surface area contributed by atoms with Crippen molar-refractivity contribution in [3.05, 3.63) is 63.0 Å². The van der Waals surface area contributed by atoms with Crippen LogP contribution in [0, 0.1) is 0 Å². The summed E-state index contributed by atoms with van der Waals surface area (Å²) in [5.74, 6) is 1.35. The molecule has 0 fully saturated rings. The quantitative estimate of drug-likeness (QED) is 0.645. The summed E-state index contributed by atoms with van der Waals surface area (Å²) in [6, 6.07) is 9.04. The first kappa shape index (κ1) is 15.7. The van der Waals surface area contributed by atoms with Crippen molar-refractivity contribution in [3.8, 4) is 0 Å². The second kappa shape index (κ2) is 6.50. The molecule has 1 aromatic carbocycles. The number of benzene rings is 1. The third-order valence-electron chi connectivity index (χ3n) is 3.73. The Morgan fingerprint density at radius 1 is 1.43 bits per heavy atom. The number of fused-ring (bicyclic) bond motifs is 1. The lowest BCUT2D eigenvalue weighted by Gasteiger charge is -2.13. The van der Waals surface area contributed by atoms with E-state index in [9.17, 15) is 4.79 Å². The molecule has 0 N–H and O–H groups in total. The highest BCUT2D eigenvalue weighted by Crippen LogP contribution is 2.20. The van der Waals surface area contributed by atoms with Crippen LogP contribution in [0.25, 0.3) is 10.9 Å². The summed E-state index contributed by atoms with van der Waals surface area (Å²) in [6.45, 7) is 4.09. The van der Waals surface area contributed by atoms with Gasteiger partial charge in [0.1, 0.15) is 11.6 Å². The van der Waals surface area contributed by atoms with Crippen molar-refractivity contribution in [1.82, 2.24) is 9.66 Å². The van der Waals surface area contributed by atoms with Crippen LogP contribution in [0.3, 0.4) is 0 Å². The molecule has 2 aromatic heterocycles. The Balaban J connectivity index is 2.23. The van der Waals surface area contributed by atoms with E-state index in [0.29, 0.717) is 22.5 Å². The minimum Gasteiger partial charge on any atom is -0.463 e. The summed E-state index contributed by atoms with van der Waals surface area (Å²) in [5, 5.41) is 4.84. The van der Waals surface area contributed by atoms with E-state index in [1.54, 1.807) is 24.5 Å². The monoisotopic (exact) mass is 373 g/mol. The van der Waals surface area contributed by atoms with Gasteiger partial charge in [0.2, 0.25) is 0 Å². The highest BCUT2D eigenvalue weighted by atomic mass is 79.9. The zero-order valence-corrected chi connectivity index (χ0v) is 14.4. The van der Waals surface area contributed by atoms with Crippen molar-refractivity contribution >= 4 is 33.0 Å². The second-order valence-corrected chi connectivity index (χ2v) is 6.23. The lowest BCUT2D eigenvalue weighted by molar-refractivity contribution is 0.557. The molecule has 0 amide bonds. The molecule has 0 spiro atoms. The first-order valence-electron chi connectivity index (χ1n) is 7.40. The highest BCUT2D eigenvalue weighted by molar-refractivity contribution is 9.10. The van der Waals surface area contributed by atoms with Gasteiger partial charge < -0.3 is 4.42 Å². The van der Waals surface area contributed by atoms with Gasteiger partial charge in [-0.3, -0.25) is 4.79 Å². The molecule has 2 heterocycles. The molecule has 3 rings (SSSR count). The molecule has 0 aliphatic heterocycles. The fourth-order valence-corrected chi connectivity index (χ4v) is 2.62. The third kappa shape index (κ3) is 3.12. The van der Waals surface area contributed by atoms with Crippen LogP contribution in [-0.4, -0.2) is 15.9 Å². The molecule has 0 unspecified atom stereocenters. The van der Waals surface area contributed by atoms with Crippen molar-refractivity contribution in [2.24, 2.45) is 5.10 Å². The molecular weight excluding hydrogens is 358 g/mol. The molecule has 0 saturated heterocycles. The maximum Gasteiger partial charge on any atom is 0.282 e. The summed E-state index contributed by atoms with van der Waals surface area (Å²) in [4.78, 5) is 17.5. The van der Waals surface area contributed by atoms with Crippen LogP contribution in [0.4, 0.5) is 0 Å². The summed E-state index contributed by atoms with van der Waals surface area (Å²) >= 11 is 3.39. The lowest BCUT2D eigenvalue weighted by atomic mass is 10.1. The van der Waals surface area contributed by atoms with Gasteiger partial charge in [0.05, 0.1) is 23.4 Å². The van der Waals surface area contributed by atoms with Gasteiger partial charge >= 0.3 is 0 Å². The van der Waals surface area contributed by atoms with E-state index in [4.69, 9.17) is 4.42 Å². The number of nitrogens with zero attached hydrogens (tertiary/aromatic N) is 3. The fraction of sp³-hybridized carbons (Fsp3) is 0.235. The Morgan fingerprint density at radius 2 is 2.26 bits per heavy atom. The topological polar surface area (TPSA) is 60.4 Å². The van der Waals surface area contributed by atoms with Crippen LogP contribution < -0.4 is 5.56 Å². The first-order chi connectivity index (χ1) is 11.1. The Labute approximate surface area is 141 Å². The van der Waals surface area contributed by atoms with Gasteiger partial charge in [-0.05, 0) is 36.8 Å². The number of halogens is 1. The molecule has 0 radical (unpaired) electrons. The average molecular weight is 374 g/mol. The highest BCUT2D eigenvalue weighted by Gasteiger charge is 2.15. The summed E-state index contributed by atoms with van der Waals surface area (Å²) in [7, 11) is 0. The number of aromatic nitrogens is 2. The van der Waals surface area contributed by atoms with E-state index < -0.39 is 0 Å². The number of rotatable bonds is 4. The smallest absolute Gasteiger partial charge is 0.282 e. The Kier molecular flexibility index (Phi) is 4.43. The zero-order chi connectivity index (χ0) is 16.4. The van der Waals surface area contributed by atoms with Gasteiger partial charge in [0, 0.05) is 10.4 Å². The second-order valence-electron chi connectivity index (χ2n) is 5.32. The molecule has 5 nitrogen and oxygen atoms in total. The Bertz CT molecular complexity index is 913. The normalized spacial score (nSPS) is 13.0. The van der Waals surface area contributed by atoms with Crippen LogP contribution in [-0.2, 0) is 0 Å². The molecule has 0 aliphatic rings. The Morgan fingerprint density at radius 3 is 2.96 bits per heavy atom. The summed E-state index contributed by atoms with van der Waals surface area (Å²) in [6.07, 6.45) is 3.96. The van der Waals surface area contributed by atoms with Gasteiger partial charge in [-0.25, -0.2) is 4.98 Å². The van der Waals surface area contributed by atoms with Gasteiger partial charge in [0.25, 0.3) is 5.56 Å². The average Bonchev–Trinajstić information content (AvgIpc) is 3.07. The molecule has 1 atom stereocenters. The predicted molar refractivity (Wildman–Crippen MR) is 94.1 cm³/mol. The van der Waals surface area contributed by atoms with E-state index in [0.717, 1.165) is 10.9 Å². The fourth-order valence-electron chi connectivity index (χ4n) is 2.26. The third-order valence-corrected chi connectivity index (χ3v) is 4.22. The number of hydrogen-bond donors (Lipinski definition) is 0. The minimum absolute atomic E-state index is 0.115. The minimum atomic E-state index is -0.186. The van der Waals surface area contributed by atoms with Crippen molar-refractivity contribution in [2.75, 3.05) is 0 Å². The van der Waals surface area contributed by atoms with Gasteiger partial charge in [-0.15, -0.1) is 0 Å². The Hall–Kier alpha value is -2.21. The van der Waals surface area contributed by atoms with Crippen LogP contribution in [0.1, 0.15) is 37.8 Å². The SMILES string of the molecule is CC[C@@H](C)c1nc2ccc(Br)cc2c(=O)n1N=Cc1ccco1. The zero-order valence-electron chi connectivity index (χ0n) is 12.9. The van der Waals surface area contributed by atoms with Crippen LogP contribution in [0.2, 0.25) is 0 Å². The van der Waals surface area contributed by atoms with E-state index >= 15 is 0 Å². The maximum absolute atomic E-state index is 12.8. The lowest BCUT2D eigenvalue weighted by Crippen LogP contribution is -2.23. The summed E-state index contributed by atoms with van der Waals surface area (Å²) in [5.41, 5.74) is 0.493. The van der Waals surface area contributed by atoms with Gasteiger partial charge in [0.15, 0.2) is 0 Å². The molecule has 0 aliphatic carbocycles. The van der Waals surface area contributed by atoms with E-state index in [2.05, 4.69) is 32.9 Å². The van der Waals surface area contributed by atoms with Gasteiger partial charge in [-0.2, -0.15) is 9.78 Å². The first-order valence-corrected chi connectivity index (χ1v) is 8.19. The summed E-state index contributed by atoms with van der Waals surface area (Å²) < 4.78 is 7.44. The van der Waals surface area contributed by atoms with Crippen molar-refractivity contribution in [3.63, 3.8) is 0 Å². The molecule has 0 saturated carbocycles. The molecule has 3 aromatic rings. The van der Waals surface area contributed by atoms with Crippen molar-refractivity contribution in [2.45, 2.75) is 26.2 Å². The van der Waals surface area contributed by atoms with Crippen molar-refractivity contribution < 1.29 is 4.42 Å².